The maximum atomic E-state index is 14.1. The molecule has 2 aliphatic rings. The first-order valence-corrected chi connectivity index (χ1v) is 29.8. The highest BCUT2D eigenvalue weighted by molar-refractivity contribution is 5.91. The lowest BCUT2D eigenvalue weighted by molar-refractivity contribution is -0.152. The van der Waals surface area contributed by atoms with Crippen molar-refractivity contribution in [1.29, 1.82) is 0 Å². The van der Waals surface area contributed by atoms with Crippen LogP contribution in [0.5, 0.6) is 11.8 Å². The average Bonchev–Trinajstić information content (AvgIpc) is 1.67. The van der Waals surface area contributed by atoms with E-state index in [1.165, 1.54) is 19.1 Å². The highest BCUT2D eigenvalue weighted by Gasteiger charge is 2.47. The summed E-state index contributed by atoms with van der Waals surface area (Å²) in [5, 5.41) is 17.3. The lowest BCUT2D eigenvalue weighted by Gasteiger charge is -2.35. The Balaban J connectivity index is 0.000000327. The molecule has 0 aliphatic carbocycles. The first-order chi connectivity index (χ1) is 42.9. The van der Waals surface area contributed by atoms with Crippen LogP contribution in [0.25, 0.3) is 56.7 Å². The summed E-state index contributed by atoms with van der Waals surface area (Å²) in [6, 6.07) is 27.5. The largest absolute Gasteiger partial charge is 0.480 e. The second kappa shape index (κ2) is 33.2. The maximum absolute atomic E-state index is 14.1. The number of nitrogens with one attached hydrogen (secondary N) is 3. The molecular weight excluding hydrogens is 1180 g/mol. The van der Waals surface area contributed by atoms with Gasteiger partial charge in [-0.2, -0.15) is 0 Å². The van der Waals surface area contributed by atoms with Crippen LogP contribution < -0.4 is 25.4 Å². The van der Waals surface area contributed by atoms with Gasteiger partial charge in [-0.3, -0.25) is 9.59 Å². The first-order valence-electron chi connectivity index (χ1n) is 29.8. The molecule has 6 atom stereocenters. The van der Waals surface area contributed by atoms with E-state index < -0.39 is 70.5 Å². The van der Waals surface area contributed by atoms with Crippen molar-refractivity contribution in [3.63, 3.8) is 0 Å². The Labute approximate surface area is 547 Å². The Hall–Kier alpha value is -9.50. The van der Waals surface area contributed by atoms with E-state index in [-0.39, 0.29) is 70.4 Å². The van der Waals surface area contributed by atoms with E-state index in [2.05, 4.69) is 42.3 Å². The van der Waals surface area contributed by atoms with Crippen LogP contribution in [0.15, 0.2) is 136 Å². The van der Waals surface area contributed by atoms with E-state index in [0.717, 1.165) is 33.3 Å². The minimum absolute atomic E-state index is 0. The predicted molar refractivity (Wildman–Crippen MR) is 364 cm³/mol. The molecule has 0 radical (unpaired) electrons. The number of carboxylic acid groups (broad SMARTS) is 1. The summed E-state index contributed by atoms with van der Waals surface area (Å²) < 4.78 is 32.9. The van der Waals surface area contributed by atoms with Crippen molar-refractivity contribution in [2.45, 2.75) is 133 Å². The van der Waals surface area contributed by atoms with Gasteiger partial charge < -0.3 is 54.4 Å². The van der Waals surface area contributed by atoms with Crippen LogP contribution in [0.4, 0.5) is 9.59 Å². The molecule has 0 bridgehead atoms. The van der Waals surface area contributed by atoms with Crippen LogP contribution >= 0.6 is 0 Å². The average molecular weight is 1280 g/mol. The number of nitrogens with zero attached hydrogens (tertiary/aromatic N) is 5. The number of methoxy groups -OCH3 is 2. The van der Waals surface area contributed by atoms with Gasteiger partial charge in [-0.15, -0.1) is 13.2 Å². The van der Waals surface area contributed by atoms with Gasteiger partial charge in [0.25, 0.3) is 0 Å². The number of carboxylic acids is 1. The minimum atomic E-state index is -1.08. The lowest BCUT2D eigenvalue weighted by atomic mass is 9.85. The third kappa shape index (κ3) is 21.0. The number of alkyl carbamates (subject to hydrolysis) is 2. The molecule has 6 aromatic rings. The molecule has 3 amide bonds. The van der Waals surface area contributed by atoms with Crippen LogP contribution in [0.2, 0.25) is 0 Å². The molecule has 2 aliphatic heterocycles. The molecule has 2 fully saturated rings. The molecule has 2 aromatic heterocycles. The van der Waals surface area contributed by atoms with Crippen LogP contribution in [-0.2, 0) is 38.1 Å². The number of esters is 2. The number of ether oxygens (including phenoxy) is 6. The second-order valence-electron chi connectivity index (χ2n) is 25.6. The SMILES string of the molecule is C.C.C=CC(C)(C)COC(=O)N[C@H](C(=O)O)C(C)(C)C.C=Cc1cccc(-c2nc3ccccc3nc2O[C@@H]2C[C@@H](C(=O)OC)N(C(=O)[C@@H](NC(=O)OCC(C)(C)C=C)C(C)(C)C)C2)c1.C=Cc1cccc(-c2nc3ccccc3nc2O[C@H]2CN[C@H](C(=O)OC)C2)c1. The van der Waals surface area contributed by atoms with Crippen molar-refractivity contribution >= 4 is 70.2 Å². The molecule has 2 saturated heterocycles. The van der Waals surface area contributed by atoms with Crippen molar-refractivity contribution in [3.8, 4) is 34.3 Å². The number of carbonyl (C=O) groups is 6. The monoisotopic (exact) mass is 1280 g/mol. The van der Waals surface area contributed by atoms with Gasteiger partial charge in [0.05, 0.1) is 42.8 Å². The summed E-state index contributed by atoms with van der Waals surface area (Å²) in [7, 11) is 2.66. The Morgan fingerprint density at radius 2 is 1.01 bits per heavy atom. The number of hydrogen-bond donors (Lipinski definition) is 4. The van der Waals surface area contributed by atoms with Crippen LogP contribution in [0, 0.1) is 21.7 Å². The Morgan fingerprint density at radius 1 is 0.591 bits per heavy atom. The number of amides is 3. The van der Waals surface area contributed by atoms with Crippen LogP contribution in [0.1, 0.15) is 108 Å². The quantitative estimate of drug-likeness (QED) is 0.0314. The molecule has 21 heteroatoms. The summed E-state index contributed by atoms with van der Waals surface area (Å²) in [5.74, 6) is -1.67. The highest BCUT2D eigenvalue weighted by atomic mass is 16.6. The first kappa shape index (κ1) is 76.0. The molecule has 21 nitrogen and oxygen atoms in total. The van der Waals surface area contributed by atoms with Gasteiger partial charge in [0.1, 0.15) is 61.0 Å². The van der Waals surface area contributed by atoms with E-state index in [4.69, 9.17) is 53.5 Å². The normalized spacial score (nSPS) is 16.7. The molecule has 8 rings (SSSR count). The molecule has 93 heavy (non-hydrogen) atoms. The number of hydrogen-bond acceptors (Lipinski definition) is 17. The molecular formula is C72H94N8O13. The molecule has 4 heterocycles. The fourth-order valence-corrected chi connectivity index (χ4v) is 9.45. The third-order valence-electron chi connectivity index (χ3n) is 15.0. The van der Waals surface area contributed by atoms with Crippen LogP contribution in [-0.4, -0.2) is 143 Å². The molecule has 0 unspecified atom stereocenters. The Bertz CT molecular complexity index is 3630. The number of carbonyl (C=O) groups excluding carboxylic acids is 5. The molecule has 0 spiro atoms. The fraction of sp³-hybridized carbons (Fsp3) is 0.417. The summed E-state index contributed by atoms with van der Waals surface area (Å²) >= 11 is 0. The summed E-state index contributed by atoms with van der Waals surface area (Å²) in [6.45, 7) is 34.1. The zero-order valence-corrected chi connectivity index (χ0v) is 54.2. The number of likely N-dealkylation sites (tertiary alicyclic amines) is 1. The van der Waals surface area contributed by atoms with Gasteiger partial charge in [-0.05, 0) is 58.4 Å². The van der Waals surface area contributed by atoms with Crippen molar-refractivity contribution in [1.82, 2.24) is 40.8 Å². The second-order valence-corrected chi connectivity index (χ2v) is 25.6. The molecule has 500 valence electrons. The summed E-state index contributed by atoms with van der Waals surface area (Å²) in [5.41, 5.74) is 5.60. The van der Waals surface area contributed by atoms with E-state index in [0.29, 0.717) is 41.3 Å². The van der Waals surface area contributed by atoms with Gasteiger partial charge in [-0.25, -0.2) is 39.1 Å². The lowest BCUT2D eigenvalue weighted by Crippen LogP contribution is -2.57. The van der Waals surface area contributed by atoms with Crippen LogP contribution in [0.3, 0.4) is 0 Å². The maximum Gasteiger partial charge on any atom is 0.407 e. The van der Waals surface area contributed by atoms with E-state index >= 15 is 0 Å². The van der Waals surface area contributed by atoms with Gasteiger partial charge in [0.15, 0.2) is 0 Å². The van der Waals surface area contributed by atoms with E-state index in [1.807, 2.05) is 146 Å². The van der Waals surface area contributed by atoms with Gasteiger partial charge >= 0.3 is 30.1 Å². The number of aromatic nitrogens is 4. The standard InChI is InChI=1S/C35H42N4O6.C22H21N3O3.C13H23NO4.2CH4/c1-9-22-14-13-15-23(18-22)28-30(37-26-17-12-11-16-25(26)36-28)45-24-19-27(32(41)43-8)39(20-24)31(40)29(34(3,4)5)38-33(42)44-21-35(6,7)10-2;1-3-14-7-6-8-15(11-14)20-21(25-18-10-5-4-9-17(18)24-20)28-16-12-19(23-13-16)22(26)27-2;1-7-13(5,6)8-18-11(17)14-9(10(15)16)12(2,3)4;;/h9-18,24,27,29H,1-2,19-21H2,3-8H3,(H,38,42);3-11,16,19,23H,1,12-13H2,2H3;7,9H,1,8H2,2-6H3,(H,14,17)(H,15,16);2*1H4/t24-,27+,29-;16-,19+;9-;;/m111../s1. The fourth-order valence-electron chi connectivity index (χ4n) is 9.45. The van der Waals surface area contributed by atoms with E-state index in [1.54, 1.807) is 45.1 Å². The van der Waals surface area contributed by atoms with Crippen molar-refractivity contribution in [2.24, 2.45) is 21.7 Å². The number of para-hydroxylation sites is 4. The summed E-state index contributed by atoms with van der Waals surface area (Å²) in [4.78, 5) is 94.8. The van der Waals surface area contributed by atoms with Gasteiger partial charge in [0.2, 0.25) is 17.7 Å². The molecule has 0 saturated carbocycles. The number of aliphatic carboxylic acids is 1. The van der Waals surface area contributed by atoms with E-state index in [9.17, 15) is 28.8 Å². The number of rotatable bonds is 20. The molecule has 4 N–H and O–H groups in total. The summed E-state index contributed by atoms with van der Waals surface area (Å²) in [6.07, 6.45) is 5.32. The third-order valence-corrected chi connectivity index (χ3v) is 15.0. The number of benzene rings is 4. The minimum Gasteiger partial charge on any atom is -0.480 e. The van der Waals surface area contributed by atoms with Gasteiger partial charge in [0, 0.05) is 41.3 Å². The highest BCUT2D eigenvalue weighted by Crippen LogP contribution is 2.35. The number of fused-ring (bicyclic) bond motifs is 2. The molecule has 4 aromatic carbocycles. The Kier molecular flexibility index (Phi) is 27.1. The van der Waals surface area contributed by atoms with Crippen molar-refractivity contribution < 1.29 is 62.3 Å². The predicted octanol–water partition coefficient (Wildman–Crippen LogP) is 12.7. The zero-order chi connectivity index (χ0) is 67.0. The smallest absolute Gasteiger partial charge is 0.407 e. The van der Waals surface area contributed by atoms with Gasteiger partial charge in [-0.1, -0.05) is 182 Å². The topological polar surface area (TPSA) is 269 Å². The zero-order valence-electron chi connectivity index (χ0n) is 54.2. The Morgan fingerprint density at radius 3 is 1.41 bits per heavy atom. The van der Waals surface area contributed by atoms with Crippen molar-refractivity contribution in [2.75, 3.05) is 40.5 Å². The van der Waals surface area contributed by atoms with Crippen molar-refractivity contribution in [3.05, 3.63) is 147 Å².